The number of carbonyl (C=O) groups is 1. The number of aromatic amines is 1. The Morgan fingerprint density at radius 3 is 2.69 bits per heavy atom. The standard InChI is InChI=1S/C12H13N3O/c1-9-12(7-14-15-9)11-4-2-10(3-5-11)6-13-8-16/h2-5,7-8H,6H2,1H3,(H,13,16)(H,14,15). The van der Waals surface area contributed by atoms with Crippen molar-refractivity contribution < 1.29 is 4.79 Å². The zero-order valence-corrected chi connectivity index (χ0v) is 9.03. The van der Waals surface area contributed by atoms with Gasteiger partial charge >= 0.3 is 0 Å². The van der Waals surface area contributed by atoms with Crippen LogP contribution in [0.1, 0.15) is 11.3 Å². The van der Waals surface area contributed by atoms with Gasteiger partial charge in [-0.15, -0.1) is 0 Å². The minimum absolute atomic E-state index is 0.564. The SMILES string of the molecule is Cc1[nH]ncc1-c1ccc(CNC=O)cc1. The van der Waals surface area contributed by atoms with Crippen molar-refractivity contribution in [3.63, 3.8) is 0 Å². The molecule has 0 bridgehead atoms. The molecule has 0 aliphatic carbocycles. The summed E-state index contributed by atoms with van der Waals surface area (Å²) in [6, 6.07) is 8.05. The Morgan fingerprint density at radius 1 is 1.38 bits per heavy atom. The van der Waals surface area contributed by atoms with Crippen LogP contribution in [0.15, 0.2) is 30.5 Å². The lowest BCUT2D eigenvalue weighted by atomic mass is 10.1. The molecule has 1 heterocycles. The number of rotatable bonds is 4. The van der Waals surface area contributed by atoms with Crippen molar-refractivity contribution in [2.24, 2.45) is 0 Å². The van der Waals surface area contributed by atoms with E-state index in [4.69, 9.17) is 0 Å². The Kier molecular flexibility index (Phi) is 3.00. The van der Waals surface area contributed by atoms with E-state index < -0.39 is 0 Å². The number of benzene rings is 1. The highest BCUT2D eigenvalue weighted by atomic mass is 16.1. The van der Waals surface area contributed by atoms with E-state index in [-0.39, 0.29) is 0 Å². The molecule has 16 heavy (non-hydrogen) atoms. The lowest BCUT2D eigenvalue weighted by Crippen LogP contribution is -2.09. The zero-order chi connectivity index (χ0) is 11.4. The number of H-pyrrole nitrogens is 1. The van der Waals surface area contributed by atoms with Crippen LogP contribution in [0.25, 0.3) is 11.1 Å². The van der Waals surface area contributed by atoms with Crippen molar-refractivity contribution >= 4 is 6.41 Å². The maximum absolute atomic E-state index is 10.2. The Hall–Kier alpha value is -2.10. The van der Waals surface area contributed by atoms with Crippen LogP contribution in [-0.2, 0) is 11.3 Å². The molecule has 1 amide bonds. The molecule has 0 saturated carbocycles. The molecular formula is C12H13N3O. The van der Waals surface area contributed by atoms with Crippen LogP contribution in [0.2, 0.25) is 0 Å². The first-order valence-electron chi connectivity index (χ1n) is 5.07. The summed E-state index contributed by atoms with van der Waals surface area (Å²) >= 11 is 0. The fourth-order valence-electron chi connectivity index (χ4n) is 1.60. The number of aromatic nitrogens is 2. The quantitative estimate of drug-likeness (QED) is 0.761. The normalized spacial score (nSPS) is 10.1. The van der Waals surface area contributed by atoms with E-state index in [1.54, 1.807) is 0 Å². The van der Waals surface area contributed by atoms with Gasteiger partial charge in [-0.2, -0.15) is 5.10 Å². The molecule has 2 aromatic rings. The van der Waals surface area contributed by atoms with Crippen molar-refractivity contribution in [1.82, 2.24) is 15.5 Å². The van der Waals surface area contributed by atoms with Crippen molar-refractivity contribution in [2.45, 2.75) is 13.5 Å². The first-order chi connectivity index (χ1) is 7.81. The fraction of sp³-hybridized carbons (Fsp3) is 0.167. The molecule has 0 aliphatic rings. The number of aryl methyl sites for hydroxylation is 1. The number of nitrogens with one attached hydrogen (secondary N) is 2. The monoisotopic (exact) mass is 215 g/mol. The van der Waals surface area contributed by atoms with Crippen molar-refractivity contribution in [1.29, 1.82) is 0 Å². The molecule has 0 saturated heterocycles. The van der Waals surface area contributed by atoms with Gasteiger partial charge in [0.05, 0.1) is 6.20 Å². The molecule has 0 unspecified atom stereocenters. The Morgan fingerprint density at radius 2 is 2.12 bits per heavy atom. The van der Waals surface area contributed by atoms with Crippen LogP contribution < -0.4 is 5.32 Å². The Labute approximate surface area is 93.7 Å². The molecule has 0 fully saturated rings. The van der Waals surface area contributed by atoms with Crippen LogP contribution in [-0.4, -0.2) is 16.6 Å². The molecule has 4 heteroatoms. The molecule has 2 N–H and O–H groups in total. The van der Waals surface area contributed by atoms with Gasteiger partial charge in [0.15, 0.2) is 0 Å². The third kappa shape index (κ3) is 2.11. The number of nitrogens with zero attached hydrogens (tertiary/aromatic N) is 1. The summed E-state index contributed by atoms with van der Waals surface area (Å²) in [4.78, 5) is 10.2. The number of hydrogen-bond donors (Lipinski definition) is 2. The molecule has 82 valence electrons. The van der Waals surface area contributed by atoms with Gasteiger partial charge in [0.1, 0.15) is 0 Å². The van der Waals surface area contributed by atoms with E-state index in [0.717, 1.165) is 22.4 Å². The third-order valence-corrected chi connectivity index (χ3v) is 2.48. The molecule has 1 aromatic carbocycles. The minimum Gasteiger partial charge on any atom is -0.355 e. The lowest BCUT2D eigenvalue weighted by molar-refractivity contribution is -0.109. The zero-order valence-electron chi connectivity index (χ0n) is 9.03. The Bertz CT molecular complexity index is 473. The molecule has 2 rings (SSSR count). The van der Waals surface area contributed by atoms with Crippen molar-refractivity contribution in [2.75, 3.05) is 0 Å². The smallest absolute Gasteiger partial charge is 0.207 e. The van der Waals surface area contributed by atoms with E-state index in [1.165, 1.54) is 0 Å². The maximum atomic E-state index is 10.2. The van der Waals surface area contributed by atoms with Crippen LogP contribution in [0.5, 0.6) is 0 Å². The first kappa shape index (κ1) is 10.4. The van der Waals surface area contributed by atoms with E-state index in [2.05, 4.69) is 15.5 Å². The minimum atomic E-state index is 0.564. The van der Waals surface area contributed by atoms with Gasteiger partial charge in [-0.1, -0.05) is 24.3 Å². The molecule has 1 aromatic heterocycles. The number of hydrogen-bond acceptors (Lipinski definition) is 2. The molecule has 0 atom stereocenters. The average Bonchev–Trinajstić information content (AvgIpc) is 2.74. The highest BCUT2D eigenvalue weighted by Crippen LogP contribution is 2.21. The van der Waals surface area contributed by atoms with E-state index in [0.29, 0.717) is 13.0 Å². The van der Waals surface area contributed by atoms with Gasteiger partial charge < -0.3 is 5.32 Å². The van der Waals surface area contributed by atoms with Gasteiger partial charge in [-0.05, 0) is 18.1 Å². The van der Waals surface area contributed by atoms with Crippen LogP contribution >= 0.6 is 0 Å². The fourth-order valence-corrected chi connectivity index (χ4v) is 1.60. The predicted molar refractivity (Wildman–Crippen MR) is 61.7 cm³/mol. The van der Waals surface area contributed by atoms with Gasteiger partial charge in [0.2, 0.25) is 6.41 Å². The largest absolute Gasteiger partial charge is 0.355 e. The van der Waals surface area contributed by atoms with Gasteiger partial charge in [-0.3, -0.25) is 9.89 Å². The summed E-state index contributed by atoms with van der Waals surface area (Å²) in [7, 11) is 0. The van der Waals surface area contributed by atoms with E-state index in [9.17, 15) is 4.79 Å². The second-order valence-electron chi connectivity index (χ2n) is 3.60. The summed E-state index contributed by atoms with van der Waals surface area (Å²) in [5.41, 5.74) is 4.37. The van der Waals surface area contributed by atoms with Gasteiger partial charge in [-0.25, -0.2) is 0 Å². The van der Waals surface area contributed by atoms with Gasteiger partial charge in [0, 0.05) is 17.8 Å². The van der Waals surface area contributed by atoms with Crippen LogP contribution in [0, 0.1) is 6.92 Å². The van der Waals surface area contributed by atoms with Crippen molar-refractivity contribution in [3.05, 3.63) is 41.7 Å². The summed E-state index contributed by atoms with van der Waals surface area (Å²) < 4.78 is 0. The summed E-state index contributed by atoms with van der Waals surface area (Å²) in [5.74, 6) is 0. The molecule has 0 radical (unpaired) electrons. The molecular weight excluding hydrogens is 202 g/mol. The second-order valence-corrected chi connectivity index (χ2v) is 3.60. The predicted octanol–water partition coefficient (Wildman–Crippen LogP) is 1.63. The molecule has 0 spiro atoms. The topological polar surface area (TPSA) is 57.8 Å². The van der Waals surface area contributed by atoms with E-state index in [1.807, 2.05) is 37.4 Å². The summed E-state index contributed by atoms with van der Waals surface area (Å²) in [6.45, 7) is 2.55. The number of amides is 1. The lowest BCUT2D eigenvalue weighted by Gasteiger charge is -2.02. The van der Waals surface area contributed by atoms with Gasteiger partial charge in [0.25, 0.3) is 0 Å². The van der Waals surface area contributed by atoms with E-state index >= 15 is 0 Å². The van der Waals surface area contributed by atoms with Crippen LogP contribution in [0.4, 0.5) is 0 Å². The second kappa shape index (κ2) is 4.61. The summed E-state index contributed by atoms with van der Waals surface area (Å²) in [5, 5.41) is 9.52. The summed E-state index contributed by atoms with van der Waals surface area (Å²) in [6.07, 6.45) is 2.52. The van der Waals surface area contributed by atoms with Crippen LogP contribution in [0.3, 0.4) is 0 Å². The molecule has 4 nitrogen and oxygen atoms in total. The molecule has 0 aliphatic heterocycles. The first-order valence-corrected chi connectivity index (χ1v) is 5.07. The van der Waals surface area contributed by atoms with Crippen molar-refractivity contribution in [3.8, 4) is 11.1 Å². The highest BCUT2D eigenvalue weighted by molar-refractivity contribution is 5.65. The number of carbonyl (C=O) groups excluding carboxylic acids is 1. The third-order valence-electron chi connectivity index (χ3n) is 2.48. The maximum Gasteiger partial charge on any atom is 0.207 e. The Balaban J connectivity index is 2.19. The highest BCUT2D eigenvalue weighted by Gasteiger charge is 2.02. The average molecular weight is 215 g/mol.